The molecule has 0 spiro atoms. The molecule has 0 fully saturated rings. The van der Waals surface area contributed by atoms with Gasteiger partial charge in [0.05, 0.1) is 23.9 Å². The van der Waals surface area contributed by atoms with Crippen LogP contribution in [0.3, 0.4) is 0 Å². The predicted molar refractivity (Wildman–Crippen MR) is 133 cm³/mol. The van der Waals surface area contributed by atoms with Crippen molar-refractivity contribution in [1.29, 1.82) is 0 Å². The molecule has 0 aromatic heterocycles. The summed E-state index contributed by atoms with van der Waals surface area (Å²) in [6.07, 6.45) is -4.27. The third-order valence-corrected chi connectivity index (χ3v) is 6.17. The zero-order chi connectivity index (χ0) is 27.3. The Morgan fingerprint density at radius 3 is 2.29 bits per heavy atom. The molecule has 1 atom stereocenters. The number of ether oxygens (including phenoxy) is 1. The summed E-state index contributed by atoms with van der Waals surface area (Å²) in [6, 6.07) is 18.5. The molecule has 1 aliphatic rings. The van der Waals surface area contributed by atoms with Crippen LogP contribution in [0.15, 0.2) is 84.0 Å². The number of rotatable bonds is 8. The summed E-state index contributed by atoms with van der Waals surface area (Å²) in [5.74, 6) is -1.62. The van der Waals surface area contributed by atoms with E-state index in [1.807, 2.05) is 30.3 Å². The van der Waals surface area contributed by atoms with E-state index in [1.54, 1.807) is 18.2 Å². The number of benzene rings is 3. The van der Waals surface area contributed by atoms with Gasteiger partial charge in [-0.25, -0.2) is 9.40 Å². The number of alkyl halides is 3. The molecule has 1 aliphatic heterocycles. The van der Waals surface area contributed by atoms with Crippen molar-refractivity contribution in [2.45, 2.75) is 18.6 Å². The van der Waals surface area contributed by atoms with Crippen molar-refractivity contribution >= 4 is 17.5 Å². The van der Waals surface area contributed by atoms with Crippen LogP contribution in [0, 0.1) is 5.82 Å². The summed E-state index contributed by atoms with van der Waals surface area (Å²) in [5.41, 5.74) is 0.571. The first-order chi connectivity index (χ1) is 18.2. The summed E-state index contributed by atoms with van der Waals surface area (Å²) in [5, 5.41) is 5.69. The average Bonchev–Trinajstić information content (AvgIpc) is 3.36. The smallest absolute Gasteiger partial charge is 0.383 e. The molecule has 10 heteroatoms. The predicted octanol–water partition coefficient (Wildman–Crippen LogP) is 5.31. The third kappa shape index (κ3) is 6.08. The molecule has 4 rings (SSSR count). The average molecular weight is 528 g/mol. The molecule has 0 radical (unpaired) electrons. The van der Waals surface area contributed by atoms with Crippen LogP contribution in [0.1, 0.15) is 39.5 Å². The Morgan fingerprint density at radius 2 is 1.66 bits per heavy atom. The lowest BCUT2D eigenvalue weighted by molar-refractivity contribution is -0.137. The number of hydrogen-bond donors (Lipinski definition) is 0. The van der Waals surface area contributed by atoms with Gasteiger partial charge in [0.1, 0.15) is 12.4 Å². The lowest BCUT2D eigenvalue weighted by Crippen LogP contribution is -2.42. The molecule has 0 saturated carbocycles. The van der Waals surface area contributed by atoms with Gasteiger partial charge in [0, 0.05) is 31.2 Å². The molecule has 0 aliphatic carbocycles. The fraction of sp³-hybridized carbons (Fsp3) is 0.250. The Balaban J connectivity index is 1.61. The van der Waals surface area contributed by atoms with Crippen molar-refractivity contribution in [3.8, 4) is 0 Å². The largest absolute Gasteiger partial charge is 0.416 e. The SMILES string of the molecule is COCCN(CC(=O)N1N=C(c2ccccc2F)CC1c1ccccc1)C(=O)c1ccc(C(F)(F)F)cc1. The Kier molecular flexibility index (Phi) is 8.21. The molecule has 6 nitrogen and oxygen atoms in total. The number of hydrazone groups is 1. The molecule has 38 heavy (non-hydrogen) atoms. The van der Waals surface area contributed by atoms with Crippen molar-refractivity contribution in [1.82, 2.24) is 9.91 Å². The van der Waals surface area contributed by atoms with E-state index in [1.165, 1.54) is 23.1 Å². The second-order valence-electron chi connectivity index (χ2n) is 8.69. The summed E-state index contributed by atoms with van der Waals surface area (Å²) in [7, 11) is 1.43. The number of carbonyl (C=O) groups excluding carboxylic acids is 2. The number of carbonyl (C=O) groups is 2. The molecular formula is C28H25F4N3O3. The Labute approximate surface area is 217 Å². The van der Waals surface area contributed by atoms with Crippen LogP contribution in [0.25, 0.3) is 0 Å². The maximum atomic E-state index is 14.5. The van der Waals surface area contributed by atoms with Gasteiger partial charge in [0.25, 0.3) is 11.8 Å². The lowest BCUT2D eigenvalue weighted by Gasteiger charge is -2.27. The third-order valence-electron chi connectivity index (χ3n) is 6.17. The summed E-state index contributed by atoms with van der Waals surface area (Å²) in [6.45, 7) is -0.276. The second-order valence-corrected chi connectivity index (χ2v) is 8.69. The molecule has 1 unspecified atom stereocenters. The summed E-state index contributed by atoms with van der Waals surface area (Å²) < 4.78 is 58.4. The first kappa shape index (κ1) is 27.0. The Hall–Kier alpha value is -4.05. The molecule has 3 aromatic carbocycles. The van der Waals surface area contributed by atoms with Crippen LogP contribution in [-0.4, -0.2) is 54.2 Å². The van der Waals surface area contributed by atoms with Crippen molar-refractivity contribution in [2.75, 3.05) is 26.8 Å². The maximum absolute atomic E-state index is 14.5. The normalized spacial score (nSPS) is 15.3. The molecule has 198 valence electrons. The Morgan fingerprint density at radius 1 is 1.00 bits per heavy atom. The topological polar surface area (TPSA) is 62.2 Å². The first-order valence-corrected chi connectivity index (χ1v) is 11.8. The van der Waals surface area contributed by atoms with Gasteiger partial charge >= 0.3 is 6.18 Å². The van der Waals surface area contributed by atoms with E-state index in [9.17, 15) is 27.2 Å². The van der Waals surface area contributed by atoms with Gasteiger partial charge in [-0.1, -0.05) is 48.5 Å². The van der Waals surface area contributed by atoms with Crippen LogP contribution in [0.2, 0.25) is 0 Å². The minimum absolute atomic E-state index is 0.00141. The van der Waals surface area contributed by atoms with Crippen molar-refractivity contribution in [3.05, 3.63) is 107 Å². The highest BCUT2D eigenvalue weighted by Gasteiger charge is 2.35. The fourth-order valence-electron chi connectivity index (χ4n) is 4.21. The summed E-state index contributed by atoms with van der Waals surface area (Å²) in [4.78, 5) is 27.9. The van der Waals surface area contributed by atoms with Crippen LogP contribution in [0.5, 0.6) is 0 Å². The zero-order valence-electron chi connectivity index (χ0n) is 20.5. The lowest BCUT2D eigenvalue weighted by atomic mass is 9.98. The van der Waals surface area contributed by atoms with E-state index in [0.717, 1.165) is 29.8 Å². The zero-order valence-corrected chi connectivity index (χ0v) is 20.5. The molecule has 0 saturated heterocycles. The number of halogens is 4. The molecule has 3 aromatic rings. The van der Waals surface area contributed by atoms with E-state index in [2.05, 4.69) is 5.10 Å². The van der Waals surface area contributed by atoms with Crippen molar-refractivity contribution < 1.29 is 31.9 Å². The minimum Gasteiger partial charge on any atom is -0.383 e. The second kappa shape index (κ2) is 11.6. The van der Waals surface area contributed by atoms with Crippen LogP contribution in [0.4, 0.5) is 17.6 Å². The van der Waals surface area contributed by atoms with E-state index in [-0.39, 0.29) is 30.7 Å². The molecule has 1 heterocycles. The number of nitrogens with zero attached hydrogens (tertiary/aromatic N) is 3. The van der Waals surface area contributed by atoms with E-state index < -0.39 is 42.0 Å². The standard InChI is InChI=1S/C28H25F4N3O3/c1-38-16-15-34(27(37)20-11-13-21(14-12-20)28(30,31)32)18-26(36)35-25(19-7-3-2-4-8-19)17-24(33-35)22-9-5-6-10-23(22)29/h2-14,25H,15-18H2,1H3. The number of methoxy groups -OCH3 is 1. The van der Waals surface area contributed by atoms with Crippen LogP contribution >= 0.6 is 0 Å². The molecular weight excluding hydrogens is 502 g/mol. The van der Waals surface area contributed by atoms with E-state index in [0.29, 0.717) is 5.71 Å². The highest BCUT2D eigenvalue weighted by atomic mass is 19.4. The molecule has 0 N–H and O–H groups in total. The minimum atomic E-state index is -4.54. The first-order valence-electron chi connectivity index (χ1n) is 11.8. The van der Waals surface area contributed by atoms with Gasteiger partial charge in [-0.3, -0.25) is 9.59 Å². The van der Waals surface area contributed by atoms with Gasteiger partial charge in [-0.05, 0) is 35.9 Å². The van der Waals surface area contributed by atoms with Gasteiger partial charge < -0.3 is 9.64 Å². The number of hydrogen-bond acceptors (Lipinski definition) is 4. The maximum Gasteiger partial charge on any atom is 0.416 e. The molecule has 0 bridgehead atoms. The van der Waals surface area contributed by atoms with E-state index >= 15 is 0 Å². The van der Waals surface area contributed by atoms with Gasteiger partial charge in [-0.2, -0.15) is 18.3 Å². The molecule has 2 amide bonds. The van der Waals surface area contributed by atoms with Crippen molar-refractivity contribution in [2.24, 2.45) is 5.10 Å². The Bertz CT molecular complexity index is 1310. The highest BCUT2D eigenvalue weighted by molar-refractivity contribution is 6.04. The summed E-state index contributed by atoms with van der Waals surface area (Å²) >= 11 is 0. The van der Waals surface area contributed by atoms with Crippen LogP contribution in [-0.2, 0) is 15.7 Å². The monoisotopic (exact) mass is 527 g/mol. The van der Waals surface area contributed by atoms with Gasteiger partial charge in [0.15, 0.2) is 0 Å². The quantitative estimate of drug-likeness (QED) is 0.373. The highest BCUT2D eigenvalue weighted by Crippen LogP contribution is 2.33. The van der Waals surface area contributed by atoms with Crippen molar-refractivity contribution in [3.63, 3.8) is 0 Å². The van der Waals surface area contributed by atoms with Crippen LogP contribution < -0.4 is 0 Å². The fourth-order valence-corrected chi connectivity index (χ4v) is 4.21. The van der Waals surface area contributed by atoms with E-state index in [4.69, 9.17) is 4.74 Å². The van der Waals surface area contributed by atoms with Gasteiger partial charge in [-0.15, -0.1) is 0 Å². The van der Waals surface area contributed by atoms with Gasteiger partial charge in [0.2, 0.25) is 0 Å². The number of amides is 2.